The number of hydrogen-bond acceptors (Lipinski definition) is 14. The van der Waals surface area contributed by atoms with Crippen molar-refractivity contribution in [1.82, 2.24) is 0 Å². The highest BCUT2D eigenvalue weighted by molar-refractivity contribution is 7.47. The summed E-state index contributed by atoms with van der Waals surface area (Å²) in [5.74, 6) is -1.58. The highest BCUT2D eigenvalue weighted by atomic mass is 31.2. The highest BCUT2D eigenvalue weighted by Gasteiger charge is 2.29. The first kappa shape index (κ1) is 84.2. The largest absolute Gasteiger partial charge is 0.472 e. The summed E-state index contributed by atoms with van der Waals surface area (Å²) in [5, 5.41) is 20.5. The van der Waals surface area contributed by atoms with Crippen molar-refractivity contribution in [2.45, 2.75) is 322 Å². The SMILES string of the molecule is CCCCC/C=C\C/C=C\C/C=C\C/C=C\CCCCCCCC(=O)OCC(O)COP(=O)(O)OCC(O)COP(=O)(O)OCC(COC(=O)CCCCCCC/C=C\CCCCCCCC)OC(=O)CCCCCCCCCCCCCCCCC. The zero-order valence-corrected chi connectivity index (χ0v) is 56.7. The molecule has 0 aliphatic rings. The highest BCUT2D eigenvalue weighted by Crippen LogP contribution is 2.45. The van der Waals surface area contributed by atoms with Crippen LogP contribution < -0.4 is 0 Å². The molecule has 0 saturated carbocycles. The van der Waals surface area contributed by atoms with Gasteiger partial charge < -0.3 is 34.2 Å². The van der Waals surface area contributed by atoms with Gasteiger partial charge in [-0.05, 0) is 89.9 Å². The van der Waals surface area contributed by atoms with Gasteiger partial charge in [-0.1, -0.05) is 255 Å². The minimum absolute atomic E-state index is 0.109. The van der Waals surface area contributed by atoms with Crippen LogP contribution in [-0.4, -0.2) is 95.9 Å². The van der Waals surface area contributed by atoms with Gasteiger partial charge in [0.1, 0.15) is 25.4 Å². The lowest BCUT2D eigenvalue weighted by molar-refractivity contribution is -0.161. The first-order valence-electron chi connectivity index (χ1n) is 34.6. The summed E-state index contributed by atoms with van der Waals surface area (Å²) in [6.45, 7) is 2.64. The minimum Gasteiger partial charge on any atom is -0.463 e. The molecular formula is C69H126O16P2. The quantitative estimate of drug-likeness (QED) is 0.0146. The smallest absolute Gasteiger partial charge is 0.463 e. The summed E-state index contributed by atoms with van der Waals surface area (Å²) in [5.41, 5.74) is 0. The number of allylic oxidation sites excluding steroid dienone is 10. The van der Waals surface area contributed by atoms with Gasteiger partial charge in [-0.15, -0.1) is 0 Å². The normalized spacial score (nSPS) is 14.6. The van der Waals surface area contributed by atoms with E-state index in [0.29, 0.717) is 19.3 Å². The van der Waals surface area contributed by atoms with Gasteiger partial charge in [-0.3, -0.25) is 32.5 Å². The van der Waals surface area contributed by atoms with E-state index in [1.54, 1.807) is 0 Å². The second-order valence-electron chi connectivity index (χ2n) is 23.3. The van der Waals surface area contributed by atoms with E-state index >= 15 is 0 Å². The van der Waals surface area contributed by atoms with E-state index in [2.05, 4.69) is 81.5 Å². The fourth-order valence-corrected chi connectivity index (χ4v) is 11.0. The number of ether oxygens (including phenoxy) is 3. The summed E-state index contributed by atoms with van der Waals surface area (Å²) in [6.07, 6.45) is 64.1. The molecular weight excluding hydrogens is 1150 g/mol. The van der Waals surface area contributed by atoms with Gasteiger partial charge in [0.2, 0.25) is 0 Å². The van der Waals surface area contributed by atoms with Gasteiger partial charge in [0.25, 0.3) is 0 Å². The van der Waals surface area contributed by atoms with E-state index in [9.17, 15) is 43.5 Å². The molecule has 0 aromatic heterocycles. The van der Waals surface area contributed by atoms with Crippen LogP contribution in [0.3, 0.4) is 0 Å². The van der Waals surface area contributed by atoms with Crippen molar-refractivity contribution in [1.29, 1.82) is 0 Å². The molecule has 0 rings (SSSR count). The number of aliphatic hydroxyl groups excluding tert-OH is 2. The van der Waals surface area contributed by atoms with Crippen molar-refractivity contribution >= 4 is 33.6 Å². The van der Waals surface area contributed by atoms with Crippen LogP contribution in [0.25, 0.3) is 0 Å². The molecule has 16 nitrogen and oxygen atoms in total. The monoisotopic (exact) mass is 1270 g/mol. The standard InChI is InChI=1S/C69H126O16P2/c1-4-7-10-13-16-19-22-25-28-29-30-31-32-33-36-38-40-43-46-49-52-55-67(72)79-58-64(70)59-81-86(75,76)82-60-65(71)61-83-87(77,78)84-63-66(85-69(74)57-54-51-48-45-42-39-35-27-24-21-18-15-12-9-6-3)62-80-68(73)56-53-50-47-44-41-37-34-26-23-20-17-14-11-8-5-2/h16,19,25-26,28,30-31,33-34,36,64-66,70-71H,4-15,17-18,20-24,27,29,32,35,37-63H2,1-3H3,(H,75,76)(H,77,78)/b19-16-,28-25-,31-30-,34-26-,36-33-. The number of unbranched alkanes of at least 4 members (excludes halogenated alkanes) is 33. The van der Waals surface area contributed by atoms with Gasteiger partial charge in [-0.2, -0.15) is 0 Å². The van der Waals surface area contributed by atoms with Crippen molar-refractivity contribution in [2.75, 3.05) is 39.6 Å². The molecule has 18 heteroatoms. The van der Waals surface area contributed by atoms with Crippen LogP contribution in [0.5, 0.6) is 0 Å². The number of hydrogen-bond donors (Lipinski definition) is 4. The molecule has 0 saturated heterocycles. The van der Waals surface area contributed by atoms with Gasteiger partial charge in [0.05, 0.1) is 26.4 Å². The number of phosphoric ester groups is 2. The van der Waals surface area contributed by atoms with E-state index < -0.39 is 91.5 Å². The first-order chi connectivity index (χ1) is 42.2. The van der Waals surface area contributed by atoms with E-state index in [4.69, 9.17) is 32.3 Å². The third-order valence-electron chi connectivity index (χ3n) is 14.7. The number of carbonyl (C=O) groups excluding carboxylic acids is 3. The summed E-state index contributed by atoms with van der Waals surface area (Å²) < 4.78 is 60.9. The maximum atomic E-state index is 12.9. The average Bonchev–Trinajstić information content (AvgIpc) is 3.68. The van der Waals surface area contributed by atoms with Crippen molar-refractivity contribution in [3.63, 3.8) is 0 Å². The van der Waals surface area contributed by atoms with Crippen LogP contribution in [0.15, 0.2) is 60.8 Å². The zero-order valence-electron chi connectivity index (χ0n) is 54.9. The zero-order chi connectivity index (χ0) is 63.8. The van der Waals surface area contributed by atoms with E-state index in [0.717, 1.165) is 116 Å². The molecule has 0 heterocycles. The second-order valence-corrected chi connectivity index (χ2v) is 26.2. The molecule has 0 aliphatic carbocycles. The predicted molar refractivity (Wildman–Crippen MR) is 353 cm³/mol. The molecule has 0 radical (unpaired) electrons. The molecule has 0 aromatic carbocycles. The number of aliphatic hydroxyl groups is 2. The number of phosphoric acid groups is 2. The fraction of sp³-hybridized carbons (Fsp3) is 0.812. The first-order valence-corrected chi connectivity index (χ1v) is 37.6. The number of esters is 3. The molecule has 87 heavy (non-hydrogen) atoms. The Labute approximate surface area is 529 Å². The topological polar surface area (TPSA) is 231 Å². The van der Waals surface area contributed by atoms with Gasteiger partial charge in [0.15, 0.2) is 6.10 Å². The van der Waals surface area contributed by atoms with Crippen molar-refractivity contribution < 1.29 is 75.8 Å². The van der Waals surface area contributed by atoms with Crippen molar-refractivity contribution in [3.05, 3.63) is 60.8 Å². The minimum atomic E-state index is -4.92. The van der Waals surface area contributed by atoms with Gasteiger partial charge in [0, 0.05) is 19.3 Å². The summed E-state index contributed by atoms with van der Waals surface area (Å²) in [7, 11) is -9.77. The van der Waals surface area contributed by atoms with Gasteiger partial charge in [-0.25, -0.2) is 9.13 Å². The lowest BCUT2D eigenvalue weighted by Gasteiger charge is -2.21. The molecule has 0 aromatic rings. The Morgan fingerprint density at radius 3 is 0.943 bits per heavy atom. The summed E-state index contributed by atoms with van der Waals surface area (Å²) in [6, 6.07) is 0. The molecule has 0 spiro atoms. The third kappa shape index (κ3) is 64.6. The Balaban J connectivity index is 4.63. The molecule has 4 N–H and O–H groups in total. The Morgan fingerprint density at radius 2 is 0.575 bits per heavy atom. The third-order valence-corrected chi connectivity index (χ3v) is 16.6. The van der Waals surface area contributed by atoms with E-state index in [-0.39, 0.29) is 19.3 Å². The van der Waals surface area contributed by atoms with Crippen molar-refractivity contribution in [2.24, 2.45) is 0 Å². The Kier molecular flexibility index (Phi) is 61.4. The van der Waals surface area contributed by atoms with Crippen LogP contribution in [0.1, 0.15) is 303 Å². The molecule has 508 valence electrons. The van der Waals surface area contributed by atoms with Gasteiger partial charge >= 0.3 is 33.6 Å². The lowest BCUT2D eigenvalue weighted by Crippen LogP contribution is -2.30. The number of carbonyl (C=O) groups is 3. The van der Waals surface area contributed by atoms with E-state index in [1.165, 1.54) is 128 Å². The molecule has 0 amide bonds. The molecule has 5 unspecified atom stereocenters. The molecule has 0 bridgehead atoms. The van der Waals surface area contributed by atoms with Crippen LogP contribution in [0.2, 0.25) is 0 Å². The summed E-state index contributed by atoms with van der Waals surface area (Å²) >= 11 is 0. The lowest BCUT2D eigenvalue weighted by atomic mass is 10.0. The average molecular weight is 1270 g/mol. The van der Waals surface area contributed by atoms with Crippen LogP contribution in [0.4, 0.5) is 0 Å². The number of rotatable bonds is 66. The maximum absolute atomic E-state index is 12.9. The maximum Gasteiger partial charge on any atom is 0.472 e. The Bertz CT molecular complexity index is 1840. The Hall–Kier alpha value is -2.75. The predicted octanol–water partition coefficient (Wildman–Crippen LogP) is 19.0. The van der Waals surface area contributed by atoms with Crippen molar-refractivity contribution in [3.8, 4) is 0 Å². The molecule has 0 fully saturated rings. The fourth-order valence-electron chi connectivity index (χ4n) is 9.37. The van der Waals surface area contributed by atoms with E-state index in [1.807, 2.05) is 0 Å². The molecule has 5 atom stereocenters. The van der Waals surface area contributed by atoms with Crippen LogP contribution in [0, 0.1) is 0 Å². The Morgan fingerprint density at radius 1 is 0.322 bits per heavy atom. The summed E-state index contributed by atoms with van der Waals surface area (Å²) in [4.78, 5) is 58.3. The van der Waals surface area contributed by atoms with Crippen LogP contribution in [-0.2, 0) is 55.8 Å². The second kappa shape index (κ2) is 63.4. The molecule has 0 aliphatic heterocycles. The van der Waals surface area contributed by atoms with Crippen LogP contribution >= 0.6 is 15.6 Å².